The zero-order valence-electron chi connectivity index (χ0n) is 10.5. The third kappa shape index (κ3) is 2.78. The lowest BCUT2D eigenvalue weighted by molar-refractivity contribution is 0.0963. The Kier molecular flexibility index (Phi) is 3.67. The molecule has 2 rings (SSSR count). The topological polar surface area (TPSA) is 41.1 Å². The molecule has 2 N–H and O–H groups in total. The highest BCUT2D eigenvalue weighted by Gasteiger charge is 2.15. The summed E-state index contributed by atoms with van der Waals surface area (Å²) in [4.78, 5) is 11.5. The Labute approximate surface area is 103 Å². The summed E-state index contributed by atoms with van der Waals surface area (Å²) in [6.07, 6.45) is 5.17. The van der Waals surface area contributed by atoms with Crippen molar-refractivity contribution in [3.8, 4) is 0 Å². The average molecular weight is 232 g/mol. The second-order valence-corrected chi connectivity index (χ2v) is 4.73. The molecule has 92 valence electrons. The third-order valence-electron chi connectivity index (χ3n) is 3.43. The molecule has 0 heterocycles. The second kappa shape index (κ2) is 5.21. The van der Waals surface area contributed by atoms with Crippen molar-refractivity contribution in [3.63, 3.8) is 0 Å². The van der Waals surface area contributed by atoms with Crippen molar-refractivity contribution < 1.29 is 4.79 Å². The highest BCUT2D eigenvalue weighted by molar-refractivity contribution is 5.94. The lowest BCUT2D eigenvalue weighted by Crippen LogP contribution is -2.19. The van der Waals surface area contributed by atoms with Gasteiger partial charge in [-0.15, -0.1) is 0 Å². The Balaban J connectivity index is 2.10. The molecular weight excluding hydrogens is 212 g/mol. The minimum absolute atomic E-state index is 0.0273. The number of benzene rings is 1. The van der Waals surface area contributed by atoms with Crippen LogP contribution in [-0.2, 0) is 0 Å². The monoisotopic (exact) mass is 232 g/mol. The van der Waals surface area contributed by atoms with E-state index in [1.54, 1.807) is 7.05 Å². The SMILES string of the molecule is CNC(=O)c1ccc(NC2CCCC2)c(C)c1. The second-order valence-electron chi connectivity index (χ2n) is 4.73. The lowest BCUT2D eigenvalue weighted by atomic mass is 10.1. The van der Waals surface area contributed by atoms with Crippen LogP contribution in [-0.4, -0.2) is 19.0 Å². The van der Waals surface area contributed by atoms with Crippen LogP contribution >= 0.6 is 0 Å². The number of hydrogen-bond acceptors (Lipinski definition) is 2. The minimum Gasteiger partial charge on any atom is -0.382 e. The van der Waals surface area contributed by atoms with Gasteiger partial charge >= 0.3 is 0 Å². The van der Waals surface area contributed by atoms with Crippen molar-refractivity contribution in [2.75, 3.05) is 12.4 Å². The highest BCUT2D eigenvalue weighted by atomic mass is 16.1. The average Bonchev–Trinajstić information content (AvgIpc) is 2.83. The summed E-state index contributed by atoms with van der Waals surface area (Å²) in [5.74, 6) is -0.0273. The molecule has 0 radical (unpaired) electrons. The Bertz CT molecular complexity index is 409. The molecule has 1 aliphatic rings. The van der Waals surface area contributed by atoms with Crippen LogP contribution in [0, 0.1) is 6.92 Å². The van der Waals surface area contributed by atoms with Gasteiger partial charge in [-0.25, -0.2) is 0 Å². The van der Waals surface area contributed by atoms with Crippen LogP contribution in [0.15, 0.2) is 18.2 Å². The summed E-state index contributed by atoms with van der Waals surface area (Å²) in [7, 11) is 1.66. The minimum atomic E-state index is -0.0273. The predicted molar refractivity (Wildman–Crippen MR) is 70.4 cm³/mol. The van der Waals surface area contributed by atoms with Crippen molar-refractivity contribution >= 4 is 11.6 Å². The van der Waals surface area contributed by atoms with Gasteiger partial charge in [0.05, 0.1) is 0 Å². The first kappa shape index (κ1) is 12.0. The van der Waals surface area contributed by atoms with Crippen LogP contribution < -0.4 is 10.6 Å². The molecule has 1 aliphatic carbocycles. The summed E-state index contributed by atoms with van der Waals surface area (Å²) in [6, 6.07) is 6.44. The normalized spacial score (nSPS) is 15.9. The molecule has 0 bridgehead atoms. The molecule has 3 nitrogen and oxygen atoms in total. The largest absolute Gasteiger partial charge is 0.382 e. The molecule has 0 spiro atoms. The van der Waals surface area contributed by atoms with Gasteiger partial charge < -0.3 is 10.6 Å². The van der Waals surface area contributed by atoms with Crippen molar-refractivity contribution in [3.05, 3.63) is 29.3 Å². The number of amides is 1. The standard InChI is InChI=1S/C14H20N2O/c1-10-9-11(14(17)15-2)7-8-13(10)16-12-5-3-4-6-12/h7-9,12,16H,3-6H2,1-2H3,(H,15,17). The Morgan fingerprint density at radius 1 is 1.29 bits per heavy atom. The van der Waals surface area contributed by atoms with Crippen LogP contribution in [0.5, 0.6) is 0 Å². The maximum Gasteiger partial charge on any atom is 0.251 e. The molecule has 0 aromatic heterocycles. The number of anilines is 1. The van der Waals surface area contributed by atoms with E-state index in [0.29, 0.717) is 6.04 Å². The first-order chi connectivity index (χ1) is 8.20. The summed E-state index contributed by atoms with van der Waals surface area (Å²) in [6.45, 7) is 2.05. The van der Waals surface area contributed by atoms with E-state index in [1.165, 1.54) is 25.7 Å². The molecule has 1 amide bonds. The molecular formula is C14H20N2O. The van der Waals surface area contributed by atoms with Crippen molar-refractivity contribution in [2.45, 2.75) is 38.6 Å². The van der Waals surface area contributed by atoms with Gasteiger partial charge in [0.2, 0.25) is 0 Å². The lowest BCUT2D eigenvalue weighted by Gasteiger charge is -2.16. The summed E-state index contributed by atoms with van der Waals surface area (Å²) >= 11 is 0. The maximum absolute atomic E-state index is 11.5. The van der Waals surface area contributed by atoms with Crippen LogP contribution in [0.25, 0.3) is 0 Å². The fraction of sp³-hybridized carbons (Fsp3) is 0.500. The number of aryl methyl sites for hydroxylation is 1. The first-order valence-corrected chi connectivity index (χ1v) is 6.30. The number of hydrogen-bond donors (Lipinski definition) is 2. The Hall–Kier alpha value is -1.51. The number of nitrogens with one attached hydrogen (secondary N) is 2. The van der Waals surface area contributed by atoms with Crippen LogP contribution in [0.2, 0.25) is 0 Å². The zero-order valence-corrected chi connectivity index (χ0v) is 10.5. The Morgan fingerprint density at radius 3 is 2.59 bits per heavy atom. The molecule has 1 saturated carbocycles. The number of carbonyl (C=O) groups excluding carboxylic acids is 1. The van der Waals surface area contributed by atoms with E-state index in [0.717, 1.165) is 16.8 Å². The van der Waals surface area contributed by atoms with Gasteiger partial charge in [-0.05, 0) is 43.5 Å². The molecule has 0 unspecified atom stereocenters. The fourth-order valence-electron chi connectivity index (χ4n) is 2.40. The maximum atomic E-state index is 11.5. The van der Waals surface area contributed by atoms with Crippen molar-refractivity contribution in [1.29, 1.82) is 0 Å². The number of rotatable bonds is 3. The van der Waals surface area contributed by atoms with E-state index in [-0.39, 0.29) is 5.91 Å². The van der Waals surface area contributed by atoms with E-state index in [1.807, 2.05) is 25.1 Å². The van der Waals surface area contributed by atoms with Gasteiger partial charge in [-0.2, -0.15) is 0 Å². The number of carbonyl (C=O) groups is 1. The van der Waals surface area contributed by atoms with Crippen LogP contribution in [0.1, 0.15) is 41.6 Å². The molecule has 1 aromatic carbocycles. The van der Waals surface area contributed by atoms with Crippen molar-refractivity contribution in [1.82, 2.24) is 5.32 Å². The van der Waals surface area contributed by atoms with E-state index >= 15 is 0 Å². The van der Waals surface area contributed by atoms with Crippen LogP contribution in [0.4, 0.5) is 5.69 Å². The molecule has 0 atom stereocenters. The van der Waals surface area contributed by atoms with Crippen LogP contribution in [0.3, 0.4) is 0 Å². The summed E-state index contributed by atoms with van der Waals surface area (Å²) in [5, 5.41) is 6.20. The van der Waals surface area contributed by atoms with E-state index < -0.39 is 0 Å². The van der Waals surface area contributed by atoms with Gasteiger partial charge in [0.1, 0.15) is 0 Å². The van der Waals surface area contributed by atoms with Gasteiger partial charge in [0, 0.05) is 24.3 Å². The zero-order chi connectivity index (χ0) is 12.3. The van der Waals surface area contributed by atoms with Gasteiger partial charge in [0.15, 0.2) is 0 Å². The van der Waals surface area contributed by atoms with Crippen molar-refractivity contribution in [2.24, 2.45) is 0 Å². The molecule has 3 heteroatoms. The molecule has 1 aromatic rings. The molecule has 0 saturated heterocycles. The van der Waals surface area contributed by atoms with Gasteiger partial charge in [-0.1, -0.05) is 12.8 Å². The van der Waals surface area contributed by atoms with E-state index in [9.17, 15) is 4.79 Å². The molecule has 17 heavy (non-hydrogen) atoms. The van der Waals surface area contributed by atoms with E-state index in [4.69, 9.17) is 0 Å². The fourth-order valence-corrected chi connectivity index (χ4v) is 2.40. The Morgan fingerprint density at radius 2 is 2.00 bits per heavy atom. The van der Waals surface area contributed by atoms with Gasteiger partial charge in [-0.3, -0.25) is 4.79 Å². The first-order valence-electron chi connectivity index (χ1n) is 6.30. The summed E-state index contributed by atoms with van der Waals surface area (Å²) in [5.41, 5.74) is 3.02. The predicted octanol–water partition coefficient (Wildman–Crippen LogP) is 2.71. The quantitative estimate of drug-likeness (QED) is 0.841. The van der Waals surface area contributed by atoms with E-state index in [2.05, 4.69) is 10.6 Å². The third-order valence-corrected chi connectivity index (χ3v) is 3.43. The summed E-state index contributed by atoms with van der Waals surface area (Å²) < 4.78 is 0. The smallest absolute Gasteiger partial charge is 0.251 e. The van der Waals surface area contributed by atoms with Gasteiger partial charge in [0.25, 0.3) is 5.91 Å². The molecule has 0 aliphatic heterocycles. The highest BCUT2D eigenvalue weighted by Crippen LogP contribution is 2.24. The molecule has 1 fully saturated rings.